The first-order valence-corrected chi connectivity index (χ1v) is 8.48. The Morgan fingerprint density at radius 1 is 0.800 bits per heavy atom. The molecule has 0 fully saturated rings. The summed E-state index contributed by atoms with van der Waals surface area (Å²) in [6, 6.07) is 11.0. The van der Waals surface area contributed by atoms with E-state index < -0.39 is 0 Å². The lowest BCUT2D eigenvalue weighted by Gasteiger charge is -2.44. The Balaban J connectivity index is 2.96. The fourth-order valence-electron chi connectivity index (χ4n) is 3.49. The molecule has 0 saturated heterocycles. The predicted octanol–water partition coefficient (Wildman–Crippen LogP) is 5.26. The Morgan fingerprint density at radius 2 is 1.30 bits per heavy atom. The largest absolute Gasteiger partial charge is 0.320 e. The molecule has 0 radical (unpaired) electrons. The maximum absolute atomic E-state index is 2.37. The second kappa shape index (κ2) is 7.83. The van der Waals surface area contributed by atoms with Crippen molar-refractivity contribution in [1.82, 2.24) is 0 Å². The van der Waals surface area contributed by atoms with Crippen molar-refractivity contribution in [2.24, 2.45) is 5.41 Å². The van der Waals surface area contributed by atoms with Crippen LogP contribution in [0.2, 0.25) is 0 Å². The van der Waals surface area contributed by atoms with E-state index in [4.69, 9.17) is 0 Å². The van der Waals surface area contributed by atoms with E-state index in [1.165, 1.54) is 55.5 Å². The molecule has 0 aliphatic rings. The maximum atomic E-state index is 2.37. The van der Waals surface area contributed by atoms with Gasteiger partial charge in [0.05, 0.1) is 19.6 Å². The number of quaternary nitrogens is 1. The van der Waals surface area contributed by atoms with E-state index in [0.29, 0.717) is 5.41 Å². The molecule has 0 unspecified atom stereocenters. The highest BCUT2D eigenvalue weighted by molar-refractivity contribution is 5.13. The van der Waals surface area contributed by atoms with Gasteiger partial charge in [0, 0.05) is 11.0 Å². The number of rotatable bonds is 9. The van der Waals surface area contributed by atoms with Gasteiger partial charge in [-0.2, -0.15) is 0 Å². The average molecular weight is 276 g/mol. The first-order valence-electron chi connectivity index (χ1n) is 8.48. The first-order chi connectivity index (χ1) is 9.59. The normalized spacial score (nSPS) is 12.7. The van der Waals surface area contributed by atoms with Crippen LogP contribution in [0, 0.1) is 5.41 Å². The van der Waals surface area contributed by atoms with Crippen molar-refractivity contribution in [2.75, 3.05) is 19.6 Å². The van der Waals surface area contributed by atoms with E-state index >= 15 is 0 Å². The topological polar surface area (TPSA) is 0 Å². The monoisotopic (exact) mass is 276 g/mol. The van der Waals surface area contributed by atoms with Crippen molar-refractivity contribution in [3.8, 4) is 0 Å². The summed E-state index contributed by atoms with van der Waals surface area (Å²) in [5, 5.41) is 0. The molecule has 0 saturated carbocycles. The minimum absolute atomic E-state index is 0.515. The second-order valence-corrected chi connectivity index (χ2v) is 6.34. The third kappa shape index (κ3) is 4.09. The summed E-state index contributed by atoms with van der Waals surface area (Å²) >= 11 is 0. The fourth-order valence-corrected chi connectivity index (χ4v) is 3.49. The molecule has 0 spiro atoms. The summed E-state index contributed by atoms with van der Waals surface area (Å²) in [5.74, 6) is 0. The molecule has 0 heterocycles. The van der Waals surface area contributed by atoms with Crippen molar-refractivity contribution in [1.29, 1.82) is 0 Å². The Kier molecular flexibility index (Phi) is 6.75. The van der Waals surface area contributed by atoms with Gasteiger partial charge < -0.3 is 4.48 Å². The Labute approximate surface area is 126 Å². The van der Waals surface area contributed by atoms with Gasteiger partial charge >= 0.3 is 0 Å². The molecule has 1 aromatic carbocycles. The van der Waals surface area contributed by atoms with E-state index in [1.54, 1.807) is 0 Å². The van der Waals surface area contributed by atoms with Gasteiger partial charge in [0.2, 0.25) is 0 Å². The lowest BCUT2D eigenvalue weighted by molar-refractivity contribution is -0.943. The average Bonchev–Trinajstić information content (AvgIpc) is 2.53. The zero-order valence-corrected chi connectivity index (χ0v) is 14.3. The molecular weight excluding hydrogens is 242 g/mol. The minimum atomic E-state index is 0.515. The van der Waals surface area contributed by atoms with Crippen molar-refractivity contribution in [3.63, 3.8) is 0 Å². The SMILES string of the molecule is CCC(CC)(CC)C[N+](CC)(CC)Cc1ccccc1. The third-order valence-electron chi connectivity index (χ3n) is 5.62. The van der Waals surface area contributed by atoms with Crippen LogP contribution in [0.3, 0.4) is 0 Å². The highest BCUT2D eigenvalue weighted by Gasteiger charge is 2.36. The number of nitrogens with zero attached hydrogens (tertiary/aromatic N) is 1. The third-order valence-corrected chi connectivity index (χ3v) is 5.62. The standard InChI is InChI=1S/C19H34N/c1-6-19(7-2,8-3)17-20(9-4,10-5)16-18-14-12-11-13-15-18/h11-15H,6-10,16-17H2,1-5H3/q+1. The fraction of sp³-hybridized carbons (Fsp3) is 0.684. The highest BCUT2D eigenvalue weighted by Crippen LogP contribution is 2.34. The van der Waals surface area contributed by atoms with E-state index in [2.05, 4.69) is 65.0 Å². The summed E-state index contributed by atoms with van der Waals surface area (Å²) in [7, 11) is 0. The van der Waals surface area contributed by atoms with Crippen molar-refractivity contribution in [3.05, 3.63) is 35.9 Å². The Hall–Kier alpha value is -0.820. The lowest BCUT2D eigenvalue weighted by atomic mass is 9.78. The molecule has 0 bridgehead atoms. The second-order valence-electron chi connectivity index (χ2n) is 6.34. The van der Waals surface area contributed by atoms with Gasteiger partial charge in [0.15, 0.2) is 0 Å². The molecule has 20 heavy (non-hydrogen) atoms. The molecule has 0 aliphatic heterocycles. The molecule has 1 heteroatoms. The lowest BCUT2D eigenvalue weighted by Crippen LogP contribution is -2.53. The van der Waals surface area contributed by atoms with E-state index in [1.807, 2.05) is 0 Å². The molecule has 1 aromatic rings. The smallest absolute Gasteiger partial charge is 0.104 e. The molecule has 0 atom stereocenters. The summed E-state index contributed by atoms with van der Waals surface area (Å²) in [6.07, 6.45) is 3.90. The molecule has 114 valence electrons. The van der Waals surface area contributed by atoms with Crippen LogP contribution in [0.4, 0.5) is 0 Å². The van der Waals surface area contributed by atoms with Crippen molar-refractivity contribution in [2.45, 2.75) is 60.4 Å². The van der Waals surface area contributed by atoms with Gasteiger partial charge in [-0.25, -0.2) is 0 Å². The van der Waals surface area contributed by atoms with Crippen LogP contribution >= 0.6 is 0 Å². The van der Waals surface area contributed by atoms with Crippen LogP contribution < -0.4 is 0 Å². The summed E-state index contributed by atoms with van der Waals surface area (Å²) in [4.78, 5) is 0. The van der Waals surface area contributed by atoms with Crippen molar-refractivity contribution >= 4 is 0 Å². The molecule has 0 aliphatic carbocycles. The van der Waals surface area contributed by atoms with E-state index in [-0.39, 0.29) is 0 Å². The molecule has 0 aromatic heterocycles. The van der Waals surface area contributed by atoms with Gasteiger partial charge in [-0.15, -0.1) is 0 Å². The van der Waals surface area contributed by atoms with Crippen LogP contribution in [0.25, 0.3) is 0 Å². The number of benzene rings is 1. The van der Waals surface area contributed by atoms with Crippen LogP contribution in [0.5, 0.6) is 0 Å². The zero-order chi connectivity index (χ0) is 15.1. The summed E-state index contributed by atoms with van der Waals surface area (Å²) < 4.78 is 1.22. The van der Waals surface area contributed by atoms with Gasteiger partial charge in [-0.1, -0.05) is 51.1 Å². The van der Waals surface area contributed by atoms with Gasteiger partial charge in [-0.05, 0) is 33.1 Å². The quantitative estimate of drug-likeness (QED) is 0.540. The number of hydrogen-bond donors (Lipinski definition) is 0. The summed E-state index contributed by atoms with van der Waals surface area (Å²) in [6.45, 7) is 16.8. The molecular formula is C19H34N+. The molecule has 1 rings (SSSR count). The van der Waals surface area contributed by atoms with Gasteiger partial charge in [0.1, 0.15) is 6.54 Å². The highest BCUT2D eigenvalue weighted by atomic mass is 15.3. The maximum Gasteiger partial charge on any atom is 0.104 e. The Morgan fingerprint density at radius 3 is 1.70 bits per heavy atom. The van der Waals surface area contributed by atoms with Gasteiger partial charge in [-0.3, -0.25) is 0 Å². The molecule has 1 nitrogen and oxygen atoms in total. The minimum Gasteiger partial charge on any atom is -0.320 e. The van der Waals surface area contributed by atoms with Crippen LogP contribution in [0.15, 0.2) is 30.3 Å². The number of hydrogen-bond acceptors (Lipinski definition) is 0. The molecule has 0 amide bonds. The predicted molar refractivity (Wildman–Crippen MR) is 89.7 cm³/mol. The zero-order valence-electron chi connectivity index (χ0n) is 14.3. The summed E-state index contributed by atoms with van der Waals surface area (Å²) in [5.41, 5.74) is 1.99. The first kappa shape index (κ1) is 17.2. The van der Waals surface area contributed by atoms with Crippen LogP contribution in [-0.2, 0) is 6.54 Å². The van der Waals surface area contributed by atoms with Crippen molar-refractivity contribution < 1.29 is 4.48 Å². The van der Waals surface area contributed by atoms with Crippen LogP contribution in [0.1, 0.15) is 59.4 Å². The molecule has 0 N–H and O–H groups in total. The van der Waals surface area contributed by atoms with E-state index in [9.17, 15) is 0 Å². The van der Waals surface area contributed by atoms with Gasteiger partial charge in [0.25, 0.3) is 0 Å². The van der Waals surface area contributed by atoms with E-state index in [0.717, 1.165) is 0 Å². The van der Waals surface area contributed by atoms with Crippen LogP contribution in [-0.4, -0.2) is 24.1 Å². The Bertz CT molecular complexity index is 352.